The van der Waals surface area contributed by atoms with Gasteiger partial charge in [-0.3, -0.25) is 0 Å². The smallest absolute Gasteiger partial charge is 0.119 e. The molecule has 0 radical (unpaired) electrons. The molecule has 0 aromatic carbocycles. The van der Waals surface area contributed by atoms with Gasteiger partial charge in [0.2, 0.25) is 0 Å². The molecule has 0 aromatic rings. The second-order valence-electron chi connectivity index (χ2n) is 8.37. The van der Waals surface area contributed by atoms with Crippen molar-refractivity contribution in [3.63, 3.8) is 0 Å². The Labute approximate surface area is 189 Å². The molecule has 0 bridgehead atoms. The molecule has 2 nitrogen and oxygen atoms in total. The molecule has 0 spiro atoms. The van der Waals surface area contributed by atoms with Crippen molar-refractivity contribution in [1.29, 1.82) is 0 Å². The summed E-state index contributed by atoms with van der Waals surface area (Å²) in [5.74, 6) is 0. The van der Waals surface area contributed by atoms with E-state index >= 15 is 0 Å². The van der Waals surface area contributed by atoms with Gasteiger partial charge in [0.25, 0.3) is 0 Å². The number of carbonyl (C=O) groups excluding carboxylic acids is 1. The van der Waals surface area contributed by atoms with Crippen LogP contribution in [0.1, 0.15) is 142 Å². The normalized spacial score (nSPS) is 11.2. The molecule has 0 atom stereocenters. The van der Waals surface area contributed by atoms with Gasteiger partial charge in [-0.2, -0.15) is 0 Å². The second kappa shape index (κ2) is 32.8. The lowest BCUT2D eigenvalue weighted by Gasteiger charge is -1.99. The maximum absolute atomic E-state index is 10.1. The van der Waals surface area contributed by atoms with Crippen molar-refractivity contribution in [2.45, 2.75) is 142 Å². The Balaban J connectivity index is 0. The van der Waals surface area contributed by atoms with Crippen LogP contribution in [-0.4, -0.2) is 18.0 Å². The van der Waals surface area contributed by atoms with E-state index in [2.05, 4.69) is 38.2 Å². The van der Waals surface area contributed by atoms with Crippen molar-refractivity contribution in [3.05, 3.63) is 24.3 Å². The fraction of sp³-hybridized carbons (Fsp3) is 0.821. The first-order valence-electron chi connectivity index (χ1n) is 13.2. The zero-order valence-corrected chi connectivity index (χ0v) is 20.6. The van der Waals surface area contributed by atoms with E-state index in [0.717, 1.165) is 25.5 Å². The monoisotopic (exact) mass is 422 g/mol. The molecule has 0 aliphatic carbocycles. The van der Waals surface area contributed by atoms with Crippen LogP contribution in [0.2, 0.25) is 0 Å². The van der Waals surface area contributed by atoms with Crippen molar-refractivity contribution in [2.24, 2.45) is 0 Å². The van der Waals surface area contributed by atoms with Gasteiger partial charge in [-0.15, -0.1) is 0 Å². The second-order valence-corrected chi connectivity index (χ2v) is 8.37. The number of rotatable bonds is 22. The first kappa shape index (κ1) is 31.3. The minimum absolute atomic E-state index is 0.358. The lowest BCUT2D eigenvalue weighted by molar-refractivity contribution is -0.107. The number of unbranched alkanes of at least 4 members (excludes halogenated alkanes) is 16. The standard InChI is InChI=1S/C16H30O.C12H24O/c1-2-3-4-5-6-7-8-9-10-11-12-13-14-15-16-17;1-2-3-4-5-6-7-8-9-10-11-12-13/h5-6,16H,2-4,7-15H2,1H3;4-5,13H,2-3,6-12H2,1H3/b6-5+;5-4+. The largest absolute Gasteiger partial charge is 0.396 e. The Bertz CT molecular complexity index is 347. The lowest BCUT2D eigenvalue weighted by atomic mass is 10.1. The minimum atomic E-state index is 0.358. The highest BCUT2D eigenvalue weighted by Gasteiger charge is 1.91. The lowest BCUT2D eigenvalue weighted by Crippen LogP contribution is -1.83. The fourth-order valence-corrected chi connectivity index (χ4v) is 3.24. The average molecular weight is 423 g/mol. The Morgan fingerprint density at radius 3 is 1.30 bits per heavy atom. The Kier molecular flexibility index (Phi) is 34.2. The topological polar surface area (TPSA) is 37.3 Å². The summed E-state index contributed by atoms with van der Waals surface area (Å²) in [6.07, 6.45) is 35.0. The number of aliphatic hydroxyl groups excluding tert-OH is 1. The van der Waals surface area contributed by atoms with Gasteiger partial charge < -0.3 is 9.90 Å². The van der Waals surface area contributed by atoms with Gasteiger partial charge in [-0.1, -0.05) is 109 Å². The molecular weight excluding hydrogens is 368 g/mol. The third-order valence-electron chi connectivity index (χ3n) is 5.23. The molecule has 30 heavy (non-hydrogen) atoms. The highest BCUT2D eigenvalue weighted by Crippen LogP contribution is 2.10. The summed E-state index contributed by atoms with van der Waals surface area (Å²) in [7, 11) is 0. The minimum Gasteiger partial charge on any atom is -0.396 e. The predicted octanol–water partition coefficient (Wildman–Crippen LogP) is 9.12. The molecule has 0 aliphatic rings. The fourth-order valence-electron chi connectivity index (χ4n) is 3.24. The van der Waals surface area contributed by atoms with Gasteiger partial charge in [-0.25, -0.2) is 0 Å². The number of aliphatic hydroxyl groups is 1. The van der Waals surface area contributed by atoms with Crippen molar-refractivity contribution >= 4 is 6.29 Å². The van der Waals surface area contributed by atoms with Crippen molar-refractivity contribution < 1.29 is 9.90 Å². The van der Waals surface area contributed by atoms with Crippen molar-refractivity contribution in [3.8, 4) is 0 Å². The van der Waals surface area contributed by atoms with Gasteiger partial charge in [0, 0.05) is 13.0 Å². The summed E-state index contributed by atoms with van der Waals surface area (Å²) >= 11 is 0. The number of hydrogen-bond acceptors (Lipinski definition) is 2. The molecule has 0 rings (SSSR count). The summed E-state index contributed by atoms with van der Waals surface area (Å²) in [6, 6.07) is 0. The highest BCUT2D eigenvalue weighted by atomic mass is 16.2. The molecule has 0 aromatic heterocycles. The Morgan fingerprint density at radius 2 is 0.867 bits per heavy atom. The van der Waals surface area contributed by atoms with E-state index in [4.69, 9.17) is 5.11 Å². The van der Waals surface area contributed by atoms with Crippen LogP contribution in [0.15, 0.2) is 24.3 Å². The van der Waals surface area contributed by atoms with Crippen LogP contribution in [0.4, 0.5) is 0 Å². The third-order valence-corrected chi connectivity index (χ3v) is 5.23. The maximum Gasteiger partial charge on any atom is 0.119 e. The van der Waals surface area contributed by atoms with E-state index < -0.39 is 0 Å². The van der Waals surface area contributed by atoms with Crippen molar-refractivity contribution in [2.75, 3.05) is 6.61 Å². The van der Waals surface area contributed by atoms with Gasteiger partial charge in [-0.05, 0) is 51.4 Å². The number of allylic oxidation sites excluding steroid dienone is 4. The van der Waals surface area contributed by atoms with Crippen LogP contribution < -0.4 is 0 Å². The molecule has 1 N–H and O–H groups in total. The molecule has 0 fully saturated rings. The number of carbonyl (C=O) groups is 1. The maximum atomic E-state index is 10.1. The van der Waals surface area contributed by atoms with Gasteiger partial charge in [0.15, 0.2) is 0 Å². The first-order chi connectivity index (χ1) is 14.8. The van der Waals surface area contributed by atoms with Gasteiger partial charge >= 0.3 is 0 Å². The Hall–Kier alpha value is -0.890. The molecule has 0 unspecified atom stereocenters. The van der Waals surface area contributed by atoms with E-state index in [-0.39, 0.29) is 0 Å². The molecule has 0 aliphatic heterocycles. The van der Waals surface area contributed by atoms with E-state index in [1.54, 1.807) is 0 Å². The van der Waals surface area contributed by atoms with Crippen LogP contribution in [0.5, 0.6) is 0 Å². The summed E-state index contributed by atoms with van der Waals surface area (Å²) in [6.45, 7) is 4.80. The van der Waals surface area contributed by atoms with Crippen LogP contribution in [0.25, 0.3) is 0 Å². The van der Waals surface area contributed by atoms with E-state index in [1.165, 1.54) is 109 Å². The summed E-state index contributed by atoms with van der Waals surface area (Å²) in [5.41, 5.74) is 0. The van der Waals surface area contributed by atoms with Gasteiger partial charge in [0.1, 0.15) is 6.29 Å². The molecule has 2 heteroatoms. The third kappa shape index (κ3) is 34.6. The van der Waals surface area contributed by atoms with Crippen LogP contribution in [0, 0.1) is 0 Å². The first-order valence-corrected chi connectivity index (χ1v) is 13.2. The van der Waals surface area contributed by atoms with Crippen LogP contribution >= 0.6 is 0 Å². The quantitative estimate of drug-likeness (QED) is 0.107. The van der Waals surface area contributed by atoms with Gasteiger partial charge in [0.05, 0.1) is 0 Å². The SMILES string of the molecule is CCC/C=C/CCCCCCCO.CCCC/C=C/CCCCCCCCCC=O. The van der Waals surface area contributed by atoms with E-state index in [1.807, 2.05) is 0 Å². The zero-order valence-electron chi connectivity index (χ0n) is 20.6. The predicted molar refractivity (Wildman–Crippen MR) is 135 cm³/mol. The van der Waals surface area contributed by atoms with Crippen LogP contribution in [-0.2, 0) is 4.79 Å². The Morgan fingerprint density at radius 1 is 0.467 bits per heavy atom. The van der Waals surface area contributed by atoms with Crippen molar-refractivity contribution in [1.82, 2.24) is 0 Å². The molecule has 0 saturated carbocycles. The highest BCUT2D eigenvalue weighted by molar-refractivity contribution is 5.48. The number of aldehydes is 1. The molecule has 0 heterocycles. The molecule has 178 valence electrons. The average Bonchev–Trinajstić information content (AvgIpc) is 2.76. The summed E-state index contributed by atoms with van der Waals surface area (Å²) < 4.78 is 0. The summed E-state index contributed by atoms with van der Waals surface area (Å²) in [5, 5.41) is 8.55. The van der Waals surface area contributed by atoms with E-state index in [9.17, 15) is 4.79 Å². The molecular formula is C28H54O2. The zero-order chi connectivity index (χ0) is 22.4. The van der Waals surface area contributed by atoms with Crippen LogP contribution in [0.3, 0.4) is 0 Å². The molecule has 0 amide bonds. The van der Waals surface area contributed by atoms with E-state index in [0.29, 0.717) is 6.61 Å². The number of hydrogen-bond donors (Lipinski definition) is 1. The molecule has 0 saturated heterocycles. The summed E-state index contributed by atoms with van der Waals surface area (Å²) in [4.78, 5) is 10.1.